The highest BCUT2D eigenvalue weighted by Crippen LogP contribution is 2.36. The number of carbonyl (C=O) groups is 3. The summed E-state index contributed by atoms with van der Waals surface area (Å²) in [6.45, 7) is 0.693. The van der Waals surface area contributed by atoms with Gasteiger partial charge in [-0.3, -0.25) is 19.9 Å². The van der Waals surface area contributed by atoms with Gasteiger partial charge in [-0.15, -0.1) is 0 Å². The molecule has 3 aromatic rings. The Hall–Kier alpha value is -4.60. The van der Waals surface area contributed by atoms with Gasteiger partial charge in [-0.05, 0) is 53.1 Å². The number of rotatable bonds is 5. The van der Waals surface area contributed by atoms with E-state index in [1.807, 2.05) is 24.3 Å². The van der Waals surface area contributed by atoms with Gasteiger partial charge in [-0.2, -0.15) is 0 Å². The largest absolute Gasteiger partial charge is 0.497 e. The Morgan fingerprint density at radius 1 is 1.17 bits per heavy atom. The number of amidine groups is 1. The Kier molecular flexibility index (Phi) is 4.47. The zero-order valence-electron chi connectivity index (χ0n) is 18.8. The van der Waals surface area contributed by atoms with Gasteiger partial charge in [0.05, 0.1) is 20.2 Å². The standard InChI is InChI=1S/C25H21N5O5/c1-34-17-4-2-14-11-30(22(31)18(14)9-17)12-25(23(32)28-24(33)29-25)20-7-15-6-13(3-5-19(15)35-20)16-8-21(26)27-10-16/h2-9H,10-12H2,1H3,(H2,26,27)(H2,28,29,32,33)/t25-/m0/s1. The molecule has 0 saturated carbocycles. The smallest absolute Gasteiger partial charge is 0.322 e. The van der Waals surface area contributed by atoms with Crippen LogP contribution < -0.4 is 21.1 Å². The van der Waals surface area contributed by atoms with E-state index in [2.05, 4.69) is 15.6 Å². The van der Waals surface area contributed by atoms with Crippen LogP contribution in [-0.4, -0.2) is 48.8 Å². The summed E-state index contributed by atoms with van der Waals surface area (Å²) in [5.41, 5.74) is 7.98. The summed E-state index contributed by atoms with van der Waals surface area (Å²) in [6.07, 6.45) is 1.82. The van der Waals surface area contributed by atoms with Crippen LogP contribution in [0.25, 0.3) is 16.5 Å². The molecule has 4 amide bonds. The zero-order chi connectivity index (χ0) is 24.3. The molecular weight excluding hydrogens is 450 g/mol. The van der Waals surface area contributed by atoms with Crippen molar-refractivity contribution in [2.24, 2.45) is 10.7 Å². The Morgan fingerprint density at radius 3 is 2.74 bits per heavy atom. The first kappa shape index (κ1) is 21.0. The number of amides is 4. The van der Waals surface area contributed by atoms with Gasteiger partial charge in [0.15, 0.2) is 5.54 Å². The monoisotopic (exact) mass is 471 g/mol. The number of ether oxygens (including phenoxy) is 1. The Morgan fingerprint density at radius 2 is 2.03 bits per heavy atom. The Labute approximate surface area is 199 Å². The van der Waals surface area contributed by atoms with Crippen LogP contribution in [0.2, 0.25) is 0 Å². The minimum absolute atomic E-state index is 0.0946. The van der Waals surface area contributed by atoms with Gasteiger partial charge in [-0.25, -0.2) is 4.79 Å². The van der Waals surface area contributed by atoms with Crippen molar-refractivity contribution >= 4 is 40.2 Å². The van der Waals surface area contributed by atoms with Crippen molar-refractivity contribution in [3.05, 3.63) is 71.0 Å². The van der Waals surface area contributed by atoms with Gasteiger partial charge >= 0.3 is 6.03 Å². The molecule has 1 saturated heterocycles. The number of benzene rings is 2. The minimum atomic E-state index is -1.57. The molecule has 0 radical (unpaired) electrons. The third-order valence-electron chi connectivity index (χ3n) is 6.63. The van der Waals surface area contributed by atoms with E-state index in [1.165, 1.54) is 12.0 Å². The molecule has 0 unspecified atom stereocenters. The van der Waals surface area contributed by atoms with E-state index in [0.717, 1.165) is 22.1 Å². The third-order valence-corrected chi connectivity index (χ3v) is 6.63. The highest BCUT2D eigenvalue weighted by Gasteiger charge is 2.53. The minimum Gasteiger partial charge on any atom is -0.497 e. The molecule has 10 nitrogen and oxygen atoms in total. The average molecular weight is 471 g/mol. The second-order valence-corrected chi connectivity index (χ2v) is 8.77. The molecule has 2 aromatic carbocycles. The van der Waals surface area contributed by atoms with Crippen LogP contribution in [0, 0.1) is 0 Å². The maximum absolute atomic E-state index is 13.2. The molecule has 3 aliphatic rings. The van der Waals surface area contributed by atoms with E-state index >= 15 is 0 Å². The normalized spacial score (nSPS) is 21.2. The summed E-state index contributed by atoms with van der Waals surface area (Å²) in [6, 6.07) is 12.0. The molecule has 176 valence electrons. The van der Waals surface area contributed by atoms with E-state index in [-0.39, 0.29) is 18.2 Å². The van der Waals surface area contributed by atoms with E-state index in [9.17, 15) is 14.4 Å². The topological polar surface area (TPSA) is 139 Å². The Bertz CT molecular complexity index is 1500. The fourth-order valence-electron chi connectivity index (χ4n) is 4.81. The zero-order valence-corrected chi connectivity index (χ0v) is 18.8. The van der Waals surface area contributed by atoms with Crippen LogP contribution in [0.1, 0.15) is 27.2 Å². The number of nitrogens with two attached hydrogens (primary N) is 1. The van der Waals surface area contributed by atoms with Crippen molar-refractivity contribution in [3.63, 3.8) is 0 Å². The molecule has 4 heterocycles. The molecule has 0 aliphatic carbocycles. The van der Waals surface area contributed by atoms with Crippen molar-refractivity contribution in [3.8, 4) is 5.75 Å². The summed E-state index contributed by atoms with van der Waals surface area (Å²) in [7, 11) is 1.53. The lowest BCUT2D eigenvalue weighted by Gasteiger charge is -2.29. The number of imide groups is 1. The molecule has 35 heavy (non-hydrogen) atoms. The summed E-state index contributed by atoms with van der Waals surface area (Å²) < 4.78 is 11.3. The van der Waals surface area contributed by atoms with Gasteiger partial charge < -0.3 is 25.1 Å². The van der Waals surface area contributed by atoms with Gasteiger partial charge in [0.25, 0.3) is 11.8 Å². The predicted octanol–water partition coefficient (Wildman–Crippen LogP) is 1.89. The number of hydrogen-bond acceptors (Lipinski definition) is 7. The third kappa shape index (κ3) is 3.25. The SMILES string of the molecule is COc1ccc2c(c1)C(=O)N(C[C@@]1(c3cc4cc(C5=CC(N)=NC5)ccc4o3)NC(=O)NC1=O)C2. The molecule has 1 atom stereocenters. The highest BCUT2D eigenvalue weighted by molar-refractivity contribution is 6.08. The average Bonchev–Trinajstić information content (AvgIpc) is 3.60. The van der Waals surface area contributed by atoms with E-state index in [1.54, 1.807) is 24.3 Å². The molecular formula is C25H21N5O5. The van der Waals surface area contributed by atoms with Gasteiger partial charge in [0, 0.05) is 17.5 Å². The van der Waals surface area contributed by atoms with E-state index < -0.39 is 17.5 Å². The van der Waals surface area contributed by atoms with Crippen LogP contribution >= 0.6 is 0 Å². The van der Waals surface area contributed by atoms with Crippen molar-refractivity contribution < 1.29 is 23.5 Å². The molecule has 3 aliphatic heterocycles. The second-order valence-electron chi connectivity index (χ2n) is 8.77. The van der Waals surface area contributed by atoms with Gasteiger partial charge in [0.1, 0.15) is 22.9 Å². The number of nitrogens with zero attached hydrogens (tertiary/aromatic N) is 2. The Balaban J connectivity index is 1.37. The fraction of sp³-hybridized carbons (Fsp3) is 0.200. The molecule has 0 spiro atoms. The maximum atomic E-state index is 13.2. The molecule has 10 heteroatoms. The lowest BCUT2D eigenvalue weighted by molar-refractivity contribution is -0.125. The number of fused-ring (bicyclic) bond motifs is 2. The van der Waals surface area contributed by atoms with Crippen LogP contribution in [0.3, 0.4) is 0 Å². The molecule has 4 N–H and O–H groups in total. The van der Waals surface area contributed by atoms with Crippen LogP contribution in [0.4, 0.5) is 4.79 Å². The quantitative estimate of drug-likeness (QED) is 0.486. The number of methoxy groups -OCH3 is 1. The number of carbonyl (C=O) groups excluding carboxylic acids is 3. The number of nitrogens with one attached hydrogen (secondary N) is 2. The summed E-state index contributed by atoms with van der Waals surface area (Å²) in [5, 5.41) is 5.75. The van der Waals surface area contributed by atoms with Gasteiger partial charge in [0.2, 0.25) is 0 Å². The summed E-state index contributed by atoms with van der Waals surface area (Å²) in [5.74, 6) is 0.453. The summed E-state index contributed by atoms with van der Waals surface area (Å²) in [4.78, 5) is 44.2. The first-order chi connectivity index (χ1) is 16.9. The number of urea groups is 1. The van der Waals surface area contributed by atoms with Crippen LogP contribution in [-0.2, 0) is 16.9 Å². The van der Waals surface area contributed by atoms with E-state index in [0.29, 0.717) is 35.8 Å². The lowest BCUT2D eigenvalue weighted by Crippen LogP contribution is -2.52. The van der Waals surface area contributed by atoms with E-state index in [4.69, 9.17) is 14.9 Å². The van der Waals surface area contributed by atoms with Crippen molar-refractivity contribution in [1.82, 2.24) is 15.5 Å². The van der Waals surface area contributed by atoms with Crippen LogP contribution in [0.5, 0.6) is 5.75 Å². The number of aliphatic imine (C=N–C) groups is 1. The molecule has 1 fully saturated rings. The predicted molar refractivity (Wildman–Crippen MR) is 127 cm³/mol. The van der Waals surface area contributed by atoms with Gasteiger partial charge in [-0.1, -0.05) is 12.1 Å². The maximum Gasteiger partial charge on any atom is 0.322 e. The second kappa shape index (κ2) is 7.45. The molecule has 6 rings (SSSR count). The lowest BCUT2D eigenvalue weighted by atomic mass is 9.95. The highest BCUT2D eigenvalue weighted by atomic mass is 16.5. The summed E-state index contributed by atoms with van der Waals surface area (Å²) >= 11 is 0. The molecule has 1 aromatic heterocycles. The molecule has 0 bridgehead atoms. The first-order valence-corrected chi connectivity index (χ1v) is 11.0. The van der Waals surface area contributed by atoms with Crippen LogP contribution in [0.15, 0.2) is 58.0 Å². The number of hydrogen-bond donors (Lipinski definition) is 3. The van der Waals surface area contributed by atoms with Crippen molar-refractivity contribution in [1.29, 1.82) is 0 Å². The number of furan rings is 1. The van der Waals surface area contributed by atoms with Crippen molar-refractivity contribution in [2.75, 3.05) is 20.2 Å². The fourth-order valence-corrected chi connectivity index (χ4v) is 4.81. The van der Waals surface area contributed by atoms with Crippen molar-refractivity contribution in [2.45, 2.75) is 12.1 Å². The first-order valence-electron chi connectivity index (χ1n) is 11.0.